The molecule has 1 unspecified atom stereocenters. The van der Waals surface area contributed by atoms with Crippen LogP contribution in [-0.2, 0) is 4.79 Å². The van der Waals surface area contributed by atoms with Gasteiger partial charge in [0.25, 0.3) is 5.95 Å². The Morgan fingerprint density at radius 1 is 1.18 bits per heavy atom. The van der Waals surface area contributed by atoms with Crippen LogP contribution in [0, 0.1) is 6.92 Å². The van der Waals surface area contributed by atoms with Crippen LogP contribution in [0.2, 0.25) is 0 Å². The van der Waals surface area contributed by atoms with Crippen LogP contribution in [0.5, 0.6) is 11.5 Å². The molecule has 1 aromatic carbocycles. The molecule has 0 radical (unpaired) electrons. The molecule has 9 heteroatoms. The lowest BCUT2D eigenvalue weighted by atomic mass is 10.0. The molecule has 0 fully saturated rings. The lowest BCUT2D eigenvalue weighted by Gasteiger charge is -2.20. The first-order valence-electron chi connectivity index (χ1n) is 8.63. The van der Waals surface area contributed by atoms with Crippen LogP contribution in [0.4, 0.5) is 5.82 Å². The Balaban J connectivity index is 1.92. The Morgan fingerprint density at radius 2 is 1.96 bits per heavy atom. The lowest BCUT2D eigenvalue weighted by molar-refractivity contribution is -0.113. The average Bonchev–Trinajstić information content (AvgIpc) is 2.93. The van der Waals surface area contributed by atoms with Crippen LogP contribution in [0.25, 0.3) is 5.95 Å². The minimum Gasteiger partial charge on any atom is -0.493 e. The van der Waals surface area contributed by atoms with E-state index in [1.807, 2.05) is 25.1 Å². The van der Waals surface area contributed by atoms with Crippen molar-refractivity contribution >= 4 is 23.5 Å². The normalized spacial score (nSPS) is 16.1. The first-order valence-corrected chi connectivity index (χ1v) is 9.68. The zero-order valence-corrected chi connectivity index (χ0v) is 16.5. The number of nitrogens with one attached hydrogen (secondary N) is 1. The Labute approximate surface area is 166 Å². The second-order valence-corrected chi connectivity index (χ2v) is 7.22. The molecule has 1 amide bonds. The highest BCUT2D eigenvalue weighted by Crippen LogP contribution is 2.48. The van der Waals surface area contributed by atoms with Gasteiger partial charge in [0.2, 0.25) is 5.91 Å². The highest BCUT2D eigenvalue weighted by atomic mass is 32.2. The van der Waals surface area contributed by atoms with Gasteiger partial charge in [-0.25, -0.2) is 9.97 Å². The number of aryl methyl sites for hydroxylation is 1. The van der Waals surface area contributed by atoms with E-state index in [1.54, 1.807) is 37.4 Å². The molecule has 4 rings (SSSR count). The number of nitrogens with zero attached hydrogens (tertiary/aromatic N) is 4. The summed E-state index contributed by atoms with van der Waals surface area (Å²) in [4.78, 5) is 21.0. The third-order valence-corrected chi connectivity index (χ3v) is 5.72. The Hall–Kier alpha value is -3.07. The number of benzene rings is 1. The molecular formula is C19H19N5O3S. The summed E-state index contributed by atoms with van der Waals surface area (Å²) >= 11 is 1.52. The van der Waals surface area contributed by atoms with Gasteiger partial charge in [0.1, 0.15) is 5.82 Å². The quantitative estimate of drug-likeness (QED) is 0.724. The van der Waals surface area contributed by atoms with E-state index >= 15 is 0 Å². The number of amides is 1. The van der Waals surface area contributed by atoms with E-state index in [0.717, 1.165) is 16.8 Å². The molecule has 0 bridgehead atoms. The number of carbonyl (C=O) groups excluding carboxylic acids is 1. The SMILES string of the molecule is COc1cccc(C2SCC(=O)Nc3c2c(C)nn3-c2ncccn2)c1OC. The Kier molecular flexibility index (Phi) is 4.91. The molecule has 3 aromatic rings. The van der Waals surface area contributed by atoms with Crippen molar-refractivity contribution in [3.8, 4) is 17.4 Å². The van der Waals surface area contributed by atoms with Crippen molar-refractivity contribution in [1.82, 2.24) is 19.7 Å². The highest BCUT2D eigenvalue weighted by molar-refractivity contribution is 8.00. The van der Waals surface area contributed by atoms with Gasteiger partial charge in [0.15, 0.2) is 11.5 Å². The number of methoxy groups -OCH3 is 2. The van der Waals surface area contributed by atoms with Gasteiger partial charge in [-0.15, -0.1) is 11.8 Å². The molecule has 1 atom stereocenters. The minimum absolute atomic E-state index is 0.104. The minimum atomic E-state index is -0.170. The maximum Gasteiger partial charge on any atom is 0.252 e. The van der Waals surface area contributed by atoms with Crippen molar-refractivity contribution < 1.29 is 14.3 Å². The Morgan fingerprint density at radius 3 is 2.68 bits per heavy atom. The monoisotopic (exact) mass is 397 g/mol. The molecule has 2 aromatic heterocycles. The predicted molar refractivity (Wildman–Crippen MR) is 106 cm³/mol. The van der Waals surface area contributed by atoms with Gasteiger partial charge in [0.05, 0.1) is 30.9 Å². The summed E-state index contributed by atoms with van der Waals surface area (Å²) in [5.74, 6) is 2.46. The highest BCUT2D eigenvalue weighted by Gasteiger charge is 2.33. The fourth-order valence-corrected chi connectivity index (χ4v) is 4.50. The third kappa shape index (κ3) is 3.07. The van der Waals surface area contributed by atoms with Crippen LogP contribution in [0.1, 0.15) is 22.1 Å². The number of ether oxygens (including phenoxy) is 2. The van der Waals surface area contributed by atoms with Crippen LogP contribution >= 0.6 is 11.8 Å². The van der Waals surface area contributed by atoms with E-state index in [4.69, 9.17) is 9.47 Å². The number of carbonyl (C=O) groups is 1. The largest absolute Gasteiger partial charge is 0.493 e. The number of fused-ring (bicyclic) bond motifs is 1. The fraction of sp³-hybridized carbons (Fsp3) is 0.263. The summed E-state index contributed by atoms with van der Waals surface area (Å²) in [7, 11) is 3.22. The van der Waals surface area contributed by atoms with E-state index in [1.165, 1.54) is 11.8 Å². The zero-order chi connectivity index (χ0) is 19.7. The fourth-order valence-electron chi connectivity index (χ4n) is 3.29. The van der Waals surface area contributed by atoms with Crippen LogP contribution in [0.15, 0.2) is 36.7 Å². The molecular weight excluding hydrogens is 378 g/mol. The average molecular weight is 397 g/mol. The van der Waals surface area contributed by atoms with Gasteiger partial charge >= 0.3 is 0 Å². The van der Waals surface area contributed by atoms with E-state index in [-0.39, 0.29) is 11.2 Å². The van der Waals surface area contributed by atoms with Crippen LogP contribution < -0.4 is 14.8 Å². The van der Waals surface area contributed by atoms with Gasteiger partial charge in [0, 0.05) is 23.5 Å². The summed E-state index contributed by atoms with van der Waals surface area (Å²) in [6, 6.07) is 7.48. The van der Waals surface area contributed by atoms with E-state index in [0.29, 0.717) is 29.0 Å². The van der Waals surface area contributed by atoms with Crippen LogP contribution in [0.3, 0.4) is 0 Å². The molecule has 0 saturated carbocycles. The summed E-state index contributed by atoms with van der Waals surface area (Å²) in [5.41, 5.74) is 2.60. The second kappa shape index (κ2) is 7.51. The second-order valence-electron chi connectivity index (χ2n) is 6.13. The topological polar surface area (TPSA) is 91.2 Å². The summed E-state index contributed by atoms with van der Waals surface area (Å²) in [6.07, 6.45) is 3.28. The van der Waals surface area contributed by atoms with Crippen molar-refractivity contribution in [3.63, 3.8) is 0 Å². The number of aromatic nitrogens is 4. The van der Waals surface area contributed by atoms with Gasteiger partial charge < -0.3 is 14.8 Å². The Bertz CT molecular complexity index is 1020. The summed E-state index contributed by atoms with van der Waals surface area (Å²) < 4.78 is 12.7. The molecule has 28 heavy (non-hydrogen) atoms. The van der Waals surface area contributed by atoms with Crippen molar-refractivity contribution in [3.05, 3.63) is 53.5 Å². The van der Waals surface area contributed by atoms with Gasteiger partial charge in [-0.2, -0.15) is 9.78 Å². The van der Waals surface area contributed by atoms with Crippen LogP contribution in [-0.4, -0.2) is 45.6 Å². The van der Waals surface area contributed by atoms with Crippen molar-refractivity contribution in [2.24, 2.45) is 0 Å². The number of anilines is 1. The van der Waals surface area contributed by atoms with Crippen molar-refractivity contribution in [1.29, 1.82) is 0 Å². The standard InChI is InChI=1S/C19H19N5O3S/c1-11-15-17(12-6-4-7-13(26-2)16(12)27-3)28-10-14(25)22-18(15)24(23-11)19-20-8-5-9-21-19/h4-9,17H,10H2,1-3H3,(H,22,25). The summed E-state index contributed by atoms with van der Waals surface area (Å²) in [6.45, 7) is 1.91. The smallest absolute Gasteiger partial charge is 0.252 e. The molecule has 1 N–H and O–H groups in total. The van der Waals surface area contributed by atoms with E-state index < -0.39 is 0 Å². The molecule has 8 nitrogen and oxygen atoms in total. The third-order valence-electron chi connectivity index (χ3n) is 4.47. The van der Waals surface area contributed by atoms with Gasteiger partial charge in [-0.05, 0) is 19.1 Å². The molecule has 1 aliphatic rings. The predicted octanol–water partition coefficient (Wildman–Crippen LogP) is 2.76. The number of hydrogen-bond donors (Lipinski definition) is 1. The zero-order valence-electron chi connectivity index (χ0n) is 15.7. The number of rotatable bonds is 4. The molecule has 1 aliphatic heterocycles. The maximum absolute atomic E-state index is 12.4. The maximum atomic E-state index is 12.4. The molecule has 144 valence electrons. The van der Waals surface area contributed by atoms with E-state index in [9.17, 15) is 4.79 Å². The first-order chi connectivity index (χ1) is 13.6. The van der Waals surface area contributed by atoms with Gasteiger partial charge in [-0.1, -0.05) is 12.1 Å². The first kappa shape index (κ1) is 18.3. The van der Waals surface area contributed by atoms with Crippen molar-refractivity contribution in [2.45, 2.75) is 12.2 Å². The number of para-hydroxylation sites is 1. The molecule has 3 heterocycles. The lowest BCUT2D eigenvalue weighted by Crippen LogP contribution is -2.16. The van der Waals surface area contributed by atoms with E-state index in [2.05, 4.69) is 20.4 Å². The molecule has 0 saturated heterocycles. The molecule has 0 spiro atoms. The van der Waals surface area contributed by atoms with Crippen molar-refractivity contribution in [2.75, 3.05) is 25.3 Å². The number of hydrogen-bond acceptors (Lipinski definition) is 7. The number of thioether (sulfide) groups is 1. The summed E-state index contributed by atoms with van der Waals surface area (Å²) in [5, 5.41) is 7.40. The van der Waals surface area contributed by atoms with Gasteiger partial charge in [-0.3, -0.25) is 4.79 Å². The molecule has 0 aliphatic carbocycles.